The van der Waals surface area contributed by atoms with Crippen molar-refractivity contribution in [2.45, 2.75) is 6.54 Å². The van der Waals surface area contributed by atoms with Crippen molar-refractivity contribution in [3.63, 3.8) is 0 Å². The van der Waals surface area contributed by atoms with Gasteiger partial charge >= 0.3 is 0 Å². The number of carbonyl (C=O) groups excluding carboxylic acids is 1. The SMILES string of the molecule is CN(C(=O)CN1CCN(Cc2nc3ccccc3n2C)CC1)c1ccccc1. The van der Waals surface area contributed by atoms with E-state index in [1.165, 1.54) is 5.52 Å². The van der Waals surface area contributed by atoms with Crippen molar-refractivity contribution in [2.75, 3.05) is 44.7 Å². The number of benzene rings is 2. The summed E-state index contributed by atoms with van der Waals surface area (Å²) in [7, 11) is 3.93. The van der Waals surface area contributed by atoms with Crippen LogP contribution in [0.25, 0.3) is 11.0 Å². The van der Waals surface area contributed by atoms with Gasteiger partial charge in [-0.15, -0.1) is 0 Å². The predicted molar refractivity (Wildman–Crippen MR) is 112 cm³/mol. The first-order valence-electron chi connectivity index (χ1n) is 9.78. The number of imidazole rings is 1. The molecular formula is C22H27N5O. The molecule has 1 aromatic heterocycles. The van der Waals surface area contributed by atoms with Gasteiger partial charge in [-0.1, -0.05) is 30.3 Å². The van der Waals surface area contributed by atoms with Crippen molar-refractivity contribution in [1.29, 1.82) is 0 Å². The van der Waals surface area contributed by atoms with Crippen molar-refractivity contribution in [3.05, 3.63) is 60.4 Å². The van der Waals surface area contributed by atoms with E-state index in [0.717, 1.165) is 49.8 Å². The maximum atomic E-state index is 12.6. The zero-order chi connectivity index (χ0) is 19.5. The summed E-state index contributed by atoms with van der Waals surface area (Å²) >= 11 is 0. The molecular weight excluding hydrogens is 350 g/mol. The summed E-state index contributed by atoms with van der Waals surface area (Å²) in [5.41, 5.74) is 3.16. The first kappa shape index (κ1) is 18.7. The third-order valence-electron chi connectivity index (χ3n) is 5.59. The van der Waals surface area contributed by atoms with Gasteiger partial charge in [-0.2, -0.15) is 0 Å². The van der Waals surface area contributed by atoms with E-state index in [4.69, 9.17) is 4.98 Å². The highest BCUT2D eigenvalue weighted by atomic mass is 16.2. The van der Waals surface area contributed by atoms with Crippen molar-refractivity contribution >= 4 is 22.6 Å². The van der Waals surface area contributed by atoms with Gasteiger partial charge in [0, 0.05) is 46.0 Å². The monoisotopic (exact) mass is 377 g/mol. The van der Waals surface area contributed by atoms with Crippen LogP contribution in [-0.2, 0) is 18.4 Å². The van der Waals surface area contributed by atoms with E-state index in [2.05, 4.69) is 39.6 Å². The number of nitrogens with zero attached hydrogens (tertiary/aromatic N) is 5. The molecule has 0 saturated carbocycles. The normalized spacial score (nSPS) is 15.8. The number of anilines is 1. The van der Waals surface area contributed by atoms with Crippen LogP contribution in [0.5, 0.6) is 0 Å². The van der Waals surface area contributed by atoms with Crippen LogP contribution in [0, 0.1) is 0 Å². The smallest absolute Gasteiger partial charge is 0.240 e. The van der Waals surface area contributed by atoms with Gasteiger partial charge in [0.25, 0.3) is 0 Å². The number of hydrogen-bond donors (Lipinski definition) is 0. The summed E-state index contributed by atoms with van der Waals surface area (Å²) in [6, 6.07) is 18.1. The fourth-order valence-electron chi connectivity index (χ4n) is 3.74. The molecule has 146 valence electrons. The quantitative estimate of drug-likeness (QED) is 0.685. The van der Waals surface area contributed by atoms with Gasteiger partial charge in [-0.3, -0.25) is 14.6 Å². The minimum Gasteiger partial charge on any atom is -0.330 e. The number of aromatic nitrogens is 2. The maximum absolute atomic E-state index is 12.6. The van der Waals surface area contributed by atoms with E-state index in [9.17, 15) is 4.79 Å². The molecule has 3 aromatic rings. The lowest BCUT2D eigenvalue weighted by molar-refractivity contribution is -0.119. The van der Waals surface area contributed by atoms with Crippen LogP contribution in [0.4, 0.5) is 5.69 Å². The Morgan fingerprint density at radius 1 is 0.964 bits per heavy atom. The topological polar surface area (TPSA) is 44.6 Å². The molecule has 0 atom stereocenters. The number of amides is 1. The lowest BCUT2D eigenvalue weighted by atomic mass is 10.2. The molecule has 4 rings (SSSR count). The zero-order valence-corrected chi connectivity index (χ0v) is 16.6. The van der Waals surface area contributed by atoms with E-state index in [-0.39, 0.29) is 5.91 Å². The van der Waals surface area contributed by atoms with Crippen LogP contribution in [0.15, 0.2) is 54.6 Å². The summed E-state index contributed by atoms with van der Waals surface area (Å²) < 4.78 is 2.18. The number of fused-ring (bicyclic) bond motifs is 1. The molecule has 1 aliphatic rings. The molecule has 2 aromatic carbocycles. The second-order valence-electron chi connectivity index (χ2n) is 7.42. The standard InChI is InChI=1S/C22H27N5O/c1-24(18-8-4-3-5-9-18)22(28)17-27-14-12-26(13-15-27)16-21-23-19-10-6-7-11-20(19)25(21)2/h3-11H,12-17H2,1-2H3. The number of para-hydroxylation sites is 3. The molecule has 28 heavy (non-hydrogen) atoms. The zero-order valence-electron chi connectivity index (χ0n) is 16.6. The number of carbonyl (C=O) groups is 1. The predicted octanol–water partition coefficient (Wildman–Crippen LogP) is 2.35. The number of rotatable bonds is 5. The maximum Gasteiger partial charge on any atom is 0.240 e. The van der Waals surface area contributed by atoms with Crippen LogP contribution in [0.1, 0.15) is 5.82 Å². The van der Waals surface area contributed by atoms with Gasteiger partial charge in [-0.05, 0) is 24.3 Å². The van der Waals surface area contributed by atoms with Gasteiger partial charge in [0.05, 0.1) is 24.1 Å². The molecule has 1 amide bonds. The highest BCUT2D eigenvalue weighted by molar-refractivity contribution is 5.94. The summed E-state index contributed by atoms with van der Waals surface area (Å²) in [6.07, 6.45) is 0. The first-order valence-corrected chi connectivity index (χ1v) is 9.78. The van der Waals surface area contributed by atoms with E-state index in [1.807, 2.05) is 43.4 Å². The number of piperazine rings is 1. The molecule has 6 heteroatoms. The second-order valence-corrected chi connectivity index (χ2v) is 7.42. The van der Waals surface area contributed by atoms with Crippen molar-refractivity contribution in [2.24, 2.45) is 7.05 Å². The molecule has 2 heterocycles. The first-order chi connectivity index (χ1) is 13.6. The highest BCUT2D eigenvalue weighted by Gasteiger charge is 2.22. The van der Waals surface area contributed by atoms with Crippen LogP contribution < -0.4 is 4.90 Å². The van der Waals surface area contributed by atoms with E-state index < -0.39 is 0 Å². The van der Waals surface area contributed by atoms with Gasteiger partial charge in [-0.25, -0.2) is 4.98 Å². The Morgan fingerprint density at radius 2 is 1.61 bits per heavy atom. The van der Waals surface area contributed by atoms with Crippen LogP contribution in [0.3, 0.4) is 0 Å². The third kappa shape index (κ3) is 3.93. The lowest BCUT2D eigenvalue weighted by Crippen LogP contribution is -2.49. The minimum absolute atomic E-state index is 0.134. The Labute approximate surface area is 166 Å². The minimum atomic E-state index is 0.134. The van der Waals surface area contributed by atoms with Crippen LogP contribution >= 0.6 is 0 Å². The second kappa shape index (κ2) is 8.12. The van der Waals surface area contributed by atoms with Crippen molar-refractivity contribution in [1.82, 2.24) is 19.4 Å². The summed E-state index contributed by atoms with van der Waals surface area (Å²) in [5, 5.41) is 0. The molecule has 0 bridgehead atoms. The van der Waals surface area contributed by atoms with E-state index in [0.29, 0.717) is 6.54 Å². The molecule has 0 radical (unpaired) electrons. The van der Waals surface area contributed by atoms with E-state index >= 15 is 0 Å². The number of hydrogen-bond acceptors (Lipinski definition) is 4. The third-order valence-corrected chi connectivity index (χ3v) is 5.59. The molecule has 0 N–H and O–H groups in total. The largest absolute Gasteiger partial charge is 0.330 e. The average Bonchev–Trinajstić information content (AvgIpc) is 3.05. The fraction of sp³-hybridized carbons (Fsp3) is 0.364. The molecule has 0 aliphatic carbocycles. The van der Waals surface area contributed by atoms with Crippen molar-refractivity contribution in [3.8, 4) is 0 Å². The molecule has 6 nitrogen and oxygen atoms in total. The lowest BCUT2D eigenvalue weighted by Gasteiger charge is -2.34. The van der Waals surface area contributed by atoms with Crippen LogP contribution in [0.2, 0.25) is 0 Å². The van der Waals surface area contributed by atoms with Gasteiger partial charge in [0.2, 0.25) is 5.91 Å². The van der Waals surface area contributed by atoms with Crippen molar-refractivity contribution < 1.29 is 4.79 Å². The summed E-state index contributed by atoms with van der Waals surface area (Å²) in [5.74, 6) is 1.23. The van der Waals surface area contributed by atoms with Gasteiger partial charge < -0.3 is 9.47 Å². The molecule has 0 spiro atoms. The highest BCUT2D eigenvalue weighted by Crippen LogP contribution is 2.17. The molecule has 1 aliphatic heterocycles. The fourth-order valence-corrected chi connectivity index (χ4v) is 3.74. The summed E-state index contributed by atoms with van der Waals surface area (Å²) in [6.45, 7) is 5.01. The van der Waals surface area contributed by atoms with Crippen LogP contribution in [-0.4, -0.2) is 65.0 Å². The molecule has 1 saturated heterocycles. The Bertz CT molecular complexity index is 944. The Balaban J connectivity index is 1.31. The Kier molecular flexibility index (Phi) is 5.41. The molecule has 0 unspecified atom stereocenters. The number of likely N-dealkylation sites (N-methyl/N-ethyl adjacent to an activating group) is 1. The average molecular weight is 377 g/mol. The van der Waals surface area contributed by atoms with E-state index in [1.54, 1.807) is 4.90 Å². The molecule has 1 fully saturated rings. The Morgan fingerprint density at radius 3 is 2.32 bits per heavy atom. The number of aryl methyl sites for hydroxylation is 1. The Hall–Kier alpha value is -2.70. The van der Waals surface area contributed by atoms with Gasteiger partial charge in [0.1, 0.15) is 5.82 Å². The van der Waals surface area contributed by atoms with Gasteiger partial charge in [0.15, 0.2) is 0 Å². The summed E-state index contributed by atoms with van der Waals surface area (Å²) in [4.78, 5) is 23.8.